The minimum absolute atomic E-state index is 0.0427. The number of carbonyl (C=O) groups excluding carboxylic acids is 1. The van der Waals surface area contributed by atoms with E-state index in [4.69, 9.17) is 16.3 Å². The summed E-state index contributed by atoms with van der Waals surface area (Å²) in [5.41, 5.74) is 0.264. The van der Waals surface area contributed by atoms with Gasteiger partial charge < -0.3 is 10.1 Å². The molecule has 1 aliphatic heterocycles. The first-order chi connectivity index (χ1) is 11.7. The predicted octanol–water partition coefficient (Wildman–Crippen LogP) is 1.83. The van der Waals surface area contributed by atoms with Crippen molar-refractivity contribution in [2.24, 2.45) is 5.92 Å². The fraction of sp³-hybridized carbons (Fsp3) is 0.588. The topological polar surface area (TPSA) is 75.7 Å². The van der Waals surface area contributed by atoms with E-state index in [1.54, 1.807) is 0 Å². The SMILES string of the molecule is CC(C)CN1CCOC(CNC(=O)c2ccc(Cl)c(S(C)(=O)=O)c2)C1. The molecule has 0 bridgehead atoms. The van der Waals surface area contributed by atoms with E-state index in [9.17, 15) is 13.2 Å². The van der Waals surface area contributed by atoms with Gasteiger partial charge in [-0.15, -0.1) is 0 Å². The zero-order valence-electron chi connectivity index (χ0n) is 14.8. The van der Waals surface area contributed by atoms with E-state index in [1.807, 2.05) is 0 Å². The second-order valence-corrected chi connectivity index (χ2v) is 9.16. The lowest BCUT2D eigenvalue weighted by atomic mass is 10.1. The largest absolute Gasteiger partial charge is 0.374 e. The number of nitrogens with one attached hydrogen (secondary N) is 1. The van der Waals surface area contributed by atoms with Gasteiger partial charge in [0, 0.05) is 38.0 Å². The highest BCUT2D eigenvalue weighted by Gasteiger charge is 2.22. The van der Waals surface area contributed by atoms with Crippen LogP contribution >= 0.6 is 11.6 Å². The van der Waals surface area contributed by atoms with Crippen molar-refractivity contribution in [3.8, 4) is 0 Å². The molecule has 1 N–H and O–H groups in total. The van der Waals surface area contributed by atoms with Crippen LogP contribution in [0.4, 0.5) is 0 Å². The molecule has 8 heteroatoms. The van der Waals surface area contributed by atoms with Crippen LogP contribution in [0.3, 0.4) is 0 Å². The highest BCUT2D eigenvalue weighted by atomic mass is 35.5. The Bertz CT molecular complexity index is 721. The van der Waals surface area contributed by atoms with Crippen LogP contribution in [0.1, 0.15) is 24.2 Å². The van der Waals surface area contributed by atoms with Crippen LogP contribution in [0, 0.1) is 5.92 Å². The Labute approximate surface area is 154 Å². The van der Waals surface area contributed by atoms with Crippen molar-refractivity contribution in [2.75, 3.05) is 39.0 Å². The zero-order valence-corrected chi connectivity index (χ0v) is 16.4. The molecule has 1 unspecified atom stereocenters. The number of rotatable bonds is 6. The number of halogens is 1. The summed E-state index contributed by atoms with van der Waals surface area (Å²) >= 11 is 5.91. The Morgan fingerprint density at radius 1 is 1.44 bits per heavy atom. The molecule has 1 aromatic rings. The molecule has 0 saturated carbocycles. The smallest absolute Gasteiger partial charge is 0.251 e. The monoisotopic (exact) mass is 388 g/mol. The third kappa shape index (κ3) is 5.95. The number of hydrogen-bond acceptors (Lipinski definition) is 5. The summed E-state index contributed by atoms with van der Waals surface area (Å²) in [7, 11) is -3.49. The van der Waals surface area contributed by atoms with Gasteiger partial charge in [0.1, 0.15) is 0 Å². The minimum atomic E-state index is -3.49. The lowest BCUT2D eigenvalue weighted by molar-refractivity contribution is -0.0295. The number of nitrogens with zero attached hydrogens (tertiary/aromatic N) is 1. The fourth-order valence-corrected chi connectivity index (χ4v) is 4.12. The van der Waals surface area contributed by atoms with E-state index in [1.165, 1.54) is 18.2 Å². The van der Waals surface area contributed by atoms with Crippen LogP contribution in [0.25, 0.3) is 0 Å². The second-order valence-electron chi connectivity index (χ2n) is 6.77. The Morgan fingerprint density at radius 2 is 2.16 bits per heavy atom. The van der Waals surface area contributed by atoms with Crippen molar-refractivity contribution >= 4 is 27.3 Å². The molecule has 0 aromatic heterocycles. The van der Waals surface area contributed by atoms with E-state index >= 15 is 0 Å². The summed E-state index contributed by atoms with van der Waals surface area (Å²) in [6.07, 6.45) is 0.993. The molecule has 25 heavy (non-hydrogen) atoms. The molecular formula is C17H25ClN2O4S. The van der Waals surface area contributed by atoms with Gasteiger partial charge in [-0.25, -0.2) is 8.42 Å². The summed E-state index contributed by atoms with van der Waals surface area (Å²) in [6, 6.07) is 4.24. The molecule has 1 heterocycles. The first-order valence-corrected chi connectivity index (χ1v) is 10.6. The number of ether oxygens (including phenoxy) is 1. The van der Waals surface area contributed by atoms with E-state index in [-0.39, 0.29) is 27.5 Å². The van der Waals surface area contributed by atoms with Gasteiger partial charge in [0.2, 0.25) is 0 Å². The summed E-state index contributed by atoms with van der Waals surface area (Å²) < 4.78 is 29.1. The van der Waals surface area contributed by atoms with Crippen molar-refractivity contribution in [1.82, 2.24) is 10.2 Å². The summed E-state index contributed by atoms with van der Waals surface area (Å²) in [5.74, 6) is 0.239. The maximum atomic E-state index is 12.3. The molecule has 1 fully saturated rings. The molecule has 1 atom stereocenters. The van der Waals surface area contributed by atoms with Crippen molar-refractivity contribution in [3.05, 3.63) is 28.8 Å². The first kappa shape index (κ1) is 20.2. The average molecular weight is 389 g/mol. The van der Waals surface area contributed by atoms with E-state index in [0.717, 1.165) is 25.9 Å². The van der Waals surface area contributed by atoms with Crippen LogP contribution in [-0.2, 0) is 14.6 Å². The molecule has 0 radical (unpaired) electrons. The van der Waals surface area contributed by atoms with Gasteiger partial charge in [0.05, 0.1) is 22.6 Å². The zero-order chi connectivity index (χ0) is 18.6. The van der Waals surface area contributed by atoms with Crippen molar-refractivity contribution in [1.29, 1.82) is 0 Å². The fourth-order valence-electron chi connectivity index (χ4n) is 2.82. The van der Waals surface area contributed by atoms with E-state index < -0.39 is 9.84 Å². The minimum Gasteiger partial charge on any atom is -0.374 e. The van der Waals surface area contributed by atoms with Gasteiger partial charge in [-0.3, -0.25) is 9.69 Å². The lowest BCUT2D eigenvalue weighted by Gasteiger charge is -2.33. The third-order valence-corrected chi connectivity index (χ3v) is 5.51. The maximum absolute atomic E-state index is 12.3. The van der Waals surface area contributed by atoms with Crippen molar-refractivity contribution < 1.29 is 17.9 Å². The second kappa shape index (κ2) is 8.49. The maximum Gasteiger partial charge on any atom is 0.251 e. The summed E-state index contributed by atoms with van der Waals surface area (Å²) in [4.78, 5) is 14.6. The quantitative estimate of drug-likeness (QED) is 0.804. The van der Waals surface area contributed by atoms with Crippen molar-refractivity contribution in [2.45, 2.75) is 24.8 Å². The van der Waals surface area contributed by atoms with Gasteiger partial charge in [0.15, 0.2) is 9.84 Å². The van der Waals surface area contributed by atoms with Crippen LogP contribution in [0.15, 0.2) is 23.1 Å². The molecular weight excluding hydrogens is 364 g/mol. The Morgan fingerprint density at radius 3 is 2.80 bits per heavy atom. The lowest BCUT2D eigenvalue weighted by Crippen LogP contribution is -2.48. The van der Waals surface area contributed by atoms with Crippen molar-refractivity contribution in [3.63, 3.8) is 0 Å². The number of benzene rings is 1. The molecule has 1 amide bonds. The highest BCUT2D eigenvalue weighted by Crippen LogP contribution is 2.22. The molecule has 2 rings (SSSR count). The summed E-state index contributed by atoms with van der Waals surface area (Å²) in [5, 5.41) is 2.92. The predicted molar refractivity (Wildman–Crippen MR) is 97.9 cm³/mol. The van der Waals surface area contributed by atoms with Crippen LogP contribution < -0.4 is 5.32 Å². The molecule has 0 aliphatic carbocycles. The van der Waals surface area contributed by atoms with Gasteiger partial charge in [-0.1, -0.05) is 25.4 Å². The van der Waals surface area contributed by atoms with Crippen LogP contribution in [-0.4, -0.2) is 64.4 Å². The molecule has 6 nitrogen and oxygen atoms in total. The number of carbonyl (C=O) groups is 1. The van der Waals surface area contributed by atoms with Gasteiger partial charge in [0.25, 0.3) is 5.91 Å². The van der Waals surface area contributed by atoms with Crippen LogP contribution in [0.2, 0.25) is 5.02 Å². The number of sulfone groups is 1. The normalized spacial score (nSPS) is 19.2. The van der Waals surface area contributed by atoms with Crippen LogP contribution in [0.5, 0.6) is 0 Å². The molecule has 1 saturated heterocycles. The highest BCUT2D eigenvalue weighted by molar-refractivity contribution is 7.90. The number of hydrogen-bond donors (Lipinski definition) is 1. The van der Waals surface area contributed by atoms with Gasteiger partial charge >= 0.3 is 0 Å². The molecule has 0 spiro atoms. The van der Waals surface area contributed by atoms with E-state index in [0.29, 0.717) is 19.1 Å². The van der Waals surface area contributed by atoms with Gasteiger partial charge in [-0.2, -0.15) is 0 Å². The Balaban J connectivity index is 1.96. The Kier molecular flexibility index (Phi) is 6.85. The first-order valence-electron chi connectivity index (χ1n) is 8.28. The standard InChI is InChI=1S/C17H25ClN2O4S/c1-12(2)10-20-6-7-24-14(11-20)9-19-17(21)13-4-5-15(18)16(8-13)25(3,22)23/h4-5,8,12,14H,6-7,9-11H2,1-3H3,(H,19,21). The molecule has 1 aromatic carbocycles. The third-order valence-electron chi connectivity index (χ3n) is 3.93. The average Bonchev–Trinajstić information content (AvgIpc) is 2.51. The summed E-state index contributed by atoms with van der Waals surface area (Å²) in [6.45, 7) is 8.04. The van der Waals surface area contributed by atoms with E-state index in [2.05, 4.69) is 24.1 Å². The Hall–Kier alpha value is -1.15. The number of amides is 1. The number of morpholine rings is 1. The molecule has 1 aliphatic rings. The molecule has 140 valence electrons. The van der Waals surface area contributed by atoms with Gasteiger partial charge in [-0.05, 0) is 24.1 Å².